The van der Waals surface area contributed by atoms with Crippen LogP contribution in [-0.4, -0.2) is 35.8 Å². The monoisotopic (exact) mass is 339 g/mol. The lowest BCUT2D eigenvalue weighted by molar-refractivity contribution is -0.115. The third kappa shape index (κ3) is 3.08. The fourth-order valence-corrected chi connectivity index (χ4v) is 2.59. The van der Waals surface area contributed by atoms with Crippen molar-refractivity contribution < 1.29 is 19.1 Å². The summed E-state index contributed by atoms with van der Waals surface area (Å²) in [6.07, 6.45) is 4.55. The van der Waals surface area contributed by atoms with Crippen molar-refractivity contribution in [2.75, 3.05) is 19.5 Å². The number of carbonyl (C=O) groups is 2. The first kappa shape index (κ1) is 16.6. The standard InChI is InChI=1S/C18H17N3O4/c1-4-10-5-15(23)13(7-14(10)22)21-18-11-6-16(24-2)17(25-3)8-12(11)19-9-20-18/h5-9H,4H2,1-3H3,(H,19,20,21). The maximum Gasteiger partial charge on any atom is 0.202 e. The highest BCUT2D eigenvalue weighted by Crippen LogP contribution is 2.34. The van der Waals surface area contributed by atoms with Gasteiger partial charge in [-0.25, -0.2) is 9.97 Å². The van der Waals surface area contributed by atoms with E-state index in [1.165, 1.54) is 25.6 Å². The molecule has 1 heterocycles. The molecule has 7 heteroatoms. The molecule has 1 N–H and O–H groups in total. The molecule has 25 heavy (non-hydrogen) atoms. The predicted molar refractivity (Wildman–Crippen MR) is 92.7 cm³/mol. The molecular weight excluding hydrogens is 322 g/mol. The van der Waals surface area contributed by atoms with Gasteiger partial charge in [-0.15, -0.1) is 0 Å². The van der Waals surface area contributed by atoms with Crippen LogP contribution in [-0.2, 0) is 9.59 Å². The molecule has 3 rings (SSSR count). The minimum Gasteiger partial charge on any atom is -0.493 e. The maximum atomic E-state index is 12.2. The van der Waals surface area contributed by atoms with E-state index in [0.29, 0.717) is 40.2 Å². The number of anilines is 1. The van der Waals surface area contributed by atoms with Gasteiger partial charge in [0.05, 0.1) is 25.4 Å². The molecule has 0 atom stereocenters. The number of allylic oxidation sites excluding steroid dienone is 3. The van der Waals surface area contributed by atoms with Gasteiger partial charge < -0.3 is 14.8 Å². The number of rotatable bonds is 5. The molecular formula is C18H17N3O4. The number of methoxy groups -OCH3 is 2. The van der Waals surface area contributed by atoms with Gasteiger partial charge in [-0.1, -0.05) is 6.92 Å². The summed E-state index contributed by atoms with van der Waals surface area (Å²) in [6, 6.07) is 3.44. The molecule has 0 fully saturated rings. The second kappa shape index (κ2) is 6.72. The van der Waals surface area contributed by atoms with Crippen LogP contribution in [0.15, 0.2) is 41.9 Å². The van der Waals surface area contributed by atoms with Crippen molar-refractivity contribution in [2.45, 2.75) is 13.3 Å². The Morgan fingerprint density at radius 3 is 2.40 bits per heavy atom. The van der Waals surface area contributed by atoms with Crippen molar-refractivity contribution >= 4 is 28.3 Å². The van der Waals surface area contributed by atoms with E-state index in [-0.39, 0.29) is 17.3 Å². The highest BCUT2D eigenvalue weighted by Gasteiger charge is 2.20. The molecule has 1 aliphatic carbocycles. The van der Waals surface area contributed by atoms with Crippen molar-refractivity contribution in [3.05, 3.63) is 41.9 Å². The topological polar surface area (TPSA) is 90.4 Å². The van der Waals surface area contributed by atoms with Crippen LogP contribution in [0.2, 0.25) is 0 Å². The highest BCUT2D eigenvalue weighted by atomic mass is 16.5. The lowest BCUT2D eigenvalue weighted by Crippen LogP contribution is -2.18. The predicted octanol–water partition coefficient (Wildman–Crippen LogP) is 2.43. The highest BCUT2D eigenvalue weighted by molar-refractivity contribution is 6.21. The molecule has 128 valence electrons. The van der Waals surface area contributed by atoms with Gasteiger partial charge in [0.25, 0.3) is 0 Å². The summed E-state index contributed by atoms with van der Waals surface area (Å²) in [5, 5.41) is 3.58. The van der Waals surface area contributed by atoms with Crippen molar-refractivity contribution in [3.63, 3.8) is 0 Å². The van der Waals surface area contributed by atoms with Crippen molar-refractivity contribution in [2.24, 2.45) is 0 Å². The Kier molecular flexibility index (Phi) is 4.47. The van der Waals surface area contributed by atoms with E-state index in [1.807, 2.05) is 6.92 Å². The van der Waals surface area contributed by atoms with Crippen LogP contribution in [0, 0.1) is 0 Å². The summed E-state index contributed by atoms with van der Waals surface area (Å²) in [5.41, 5.74) is 1.29. The van der Waals surface area contributed by atoms with Gasteiger partial charge in [0.2, 0.25) is 5.78 Å². The molecule has 0 saturated carbocycles. The number of benzene rings is 1. The quantitative estimate of drug-likeness (QED) is 0.837. The summed E-state index contributed by atoms with van der Waals surface area (Å²) in [5.74, 6) is 1.02. The Morgan fingerprint density at radius 2 is 1.72 bits per heavy atom. The second-order valence-electron chi connectivity index (χ2n) is 5.38. The van der Waals surface area contributed by atoms with Gasteiger partial charge in [0.1, 0.15) is 12.1 Å². The molecule has 0 saturated heterocycles. The average molecular weight is 339 g/mol. The SMILES string of the molecule is CCC1=CC(=O)C(Nc2ncnc3cc(OC)c(OC)cc23)=CC1=O. The van der Waals surface area contributed by atoms with E-state index in [1.54, 1.807) is 19.2 Å². The summed E-state index contributed by atoms with van der Waals surface area (Å²) < 4.78 is 10.6. The van der Waals surface area contributed by atoms with Crippen molar-refractivity contribution in [3.8, 4) is 11.5 Å². The molecule has 7 nitrogen and oxygen atoms in total. The fourth-order valence-electron chi connectivity index (χ4n) is 2.59. The number of nitrogens with zero attached hydrogens (tertiary/aromatic N) is 2. The second-order valence-corrected chi connectivity index (χ2v) is 5.38. The number of hydrogen-bond acceptors (Lipinski definition) is 7. The lowest BCUT2D eigenvalue weighted by atomic mass is 9.99. The number of hydrogen-bond donors (Lipinski definition) is 1. The molecule has 0 unspecified atom stereocenters. The van der Waals surface area contributed by atoms with Gasteiger partial charge >= 0.3 is 0 Å². The number of ketones is 2. The Labute approximate surface area is 144 Å². The van der Waals surface area contributed by atoms with Crippen LogP contribution in [0.4, 0.5) is 5.82 Å². The fraction of sp³-hybridized carbons (Fsp3) is 0.222. The summed E-state index contributed by atoms with van der Waals surface area (Å²) >= 11 is 0. The molecule has 0 amide bonds. The molecule has 1 aromatic heterocycles. The van der Waals surface area contributed by atoms with Crippen LogP contribution in [0.5, 0.6) is 11.5 Å². The minimum absolute atomic E-state index is 0.178. The molecule has 0 aliphatic heterocycles. The number of fused-ring (bicyclic) bond motifs is 1. The smallest absolute Gasteiger partial charge is 0.202 e. The number of ether oxygens (including phenoxy) is 2. The molecule has 0 radical (unpaired) electrons. The lowest BCUT2D eigenvalue weighted by Gasteiger charge is -2.15. The Balaban J connectivity index is 2.02. The Morgan fingerprint density at radius 1 is 1.00 bits per heavy atom. The Bertz CT molecular complexity index is 931. The van der Waals surface area contributed by atoms with E-state index in [9.17, 15) is 9.59 Å². The normalized spacial score (nSPS) is 14.2. The minimum atomic E-state index is -0.260. The van der Waals surface area contributed by atoms with Crippen LogP contribution in [0.1, 0.15) is 13.3 Å². The first-order chi connectivity index (χ1) is 12.1. The molecule has 1 aromatic carbocycles. The van der Waals surface area contributed by atoms with Crippen LogP contribution >= 0.6 is 0 Å². The van der Waals surface area contributed by atoms with Gasteiger partial charge in [-0.05, 0) is 18.6 Å². The van der Waals surface area contributed by atoms with E-state index in [0.717, 1.165) is 0 Å². The van der Waals surface area contributed by atoms with E-state index >= 15 is 0 Å². The van der Waals surface area contributed by atoms with Crippen LogP contribution < -0.4 is 14.8 Å². The average Bonchev–Trinajstić information content (AvgIpc) is 2.63. The molecule has 0 bridgehead atoms. The largest absolute Gasteiger partial charge is 0.493 e. The zero-order valence-corrected chi connectivity index (χ0v) is 14.1. The Hall–Kier alpha value is -3.22. The number of aromatic nitrogens is 2. The van der Waals surface area contributed by atoms with Gasteiger partial charge in [0, 0.05) is 23.1 Å². The van der Waals surface area contributed by atoms with Crippen LogP contribution in [0.25, 0.3) is 10.9 Å². The molecule has 1 aliphatic rings. The van der Waals surface area contributed by atoms with Gasteiger partial charge in [-0.3, -0.25) is 9.59 Å². The molecule has 0 spiro atoms. The first-order valence-electron chi connectivity index (χ1n) is 7.72. The third-order valence-corrected chi connectivity index (χ3v) is 3.94. The first-order valence-corrected chi connectivity index (χ1v) is 7.72. The zero-order valence-electron chi connectivity index (χ0n) is 14.1. The van der Waals surface area contributed by atoms with E-state index < -0.39 is 0 Å². The van der Waals surface area contributed by atoms with Crippen molar-refractivity contribution in [1.29, 1.82) is 0 Å². The molecule has 2 aromatic rings. The van der Waals surface area contributed by atoms with Gasteiger partial charge in [-0.2, -0.15) is 0 Å². The van der Waals surface area contributed by atoms with Gasteiger partial charge in [0.15, 0.2) is 17.3 Å². The van der Waals surface area contributed by atoms with E-state index in [4.69, 9.17) is 9.47 Å². The van der Waals surface area contributed by atoms with Crippen LogP contribution in [0.3, 0.4) is 0 Å². The number of nitrogens with one attached hydrogen (secondary N) is 1. The maximum absolute atomic E-state index is 12.2. The summed E-state index contributed by atoms with van der Waals surface area (Å²) in [6.45, 7) is 1.83. The van der Waals surface area contributed by atoms with E-state index in [2.05, 4.69) is 15.3 Å². The third-order valence-electron chi connectivity index (χ3n) is 3.94. The summed E-state index contributed by atoms with van der Waals surface area (Å²) in [4.78, 5) is 32.6. The van der Waals surface area contributed by atoms with Crippen molar-refractivity contribution in [1.82, 2.24) is 9.97 Å². The number of carbonyl (C=O) groups excluding carboxylic acids is 2. The zero-order chi connectivity index (χ0) is 18.0. The summed E-state index contributed by atoms with van der Waals surface area (Å²) in [7, 11) is 3.07.